The van der Waals surface area contributed by atoms with Crippen molar-refractivity contribution < 1.29 is 28.6 Å². The second kappa shape index (κ2) is 9.88. The number of rotatable bonds is 7. The van der Waals surface area contributed by atoms with Gasteiger partial charge in [0.05, 0.1) is 18.2 Å². The lowest BCUT2D eigenvalue weighted by Gasteiger charge is -2.09. The quantitative estimate of drug-likeness (QED) is 0.604. The molecule has 0 fully saturated rings. The zero-order valence-corrected chi connectivity index (χ0v) is 16.2. The van der Waals surface area contributed by atoms with Gasteiger partial charge in [0.25, 0.3) is 11.8 Å². The molecule has 0 radical (unpaired) electrons. The van der Waals surface area contributed by atoms with Gasteiger partial charge in [0, 0.05) is 0 Å². The predicted molar refractivity (Wildman–Crippen MR) is 109 cm³/mol. The number of hydrogen-bond donors (Lipinski definition) is 1. The van der Waals surface area contributed by atoms with Crippen LogP contribution in [0.3, 0.4) is 0 Å². The number of imide groups is 1. The Hall–Kier alpha value is -4.13. The summed E-state index contributed by atoms with van der Waals surface area (Å²) in [5.74, 6) is -0.713. The average molecular weight is 405 g/mol. The van der Waals surface area contributed by atoms with Crippen LogP contribution in [0.5, 0.6) is 17.2 Å². The number of methoxy groups -OCH3 is 1. The molecule has 0 aliphatic rings. The van der Waals surface area contributed by atoms with Crippen LogP contribution in [0.4, 0.5) is 0 Å². The standard InChI is InChI=1S/C23H19NO6/c1-28-20-13-6-5-12-19(20)22(26)24-21(25)15-29-23(27)16-8-7-11-18(14-16)30-17-9-3-2-4-10-17/h2-14H,15H2,1H3,(H,24,25,26). The minimum atomic E-state index is -0.754. The Morgan fingerprint density at radius 3 is 2.30 bits per heavy atom. The highest BCUT2D eigenvalue weighted by atomic mass is 16.5. The molecular formula is C23H19NO6. The van der Waals surface area contributed by atoms with E-state index in [0.717, 1.165) is 0 Å². The normalized spacial score (nSPS) is 10.0. The summed E-state index contributed by atoms with van der Waals surface area (Å²) in [7, 11) is 1.42. The maximum atomic E-state index is 12.2. The number of carbonyl (C=O) groups is 3. The van der Waals surface area contributed by atoms with E-state index in [9.17, 15) is 14.4 Å². The van der Waals surface area contributed by atoms with Gasteiger partial charge in [0.2, 0.25) is 0 Å². The number of hydrogen-bond acceptors (Lipinski definition) is 6. The molecule has 1 N–H and O–H groups in total. The highest BCUT2D eigenvalue weighted by molar-refractivity contribution is 6.07. The van der Waals surface area contributed by atoms with Gasteiger partial charge in [0.15, 0.2) is 6.61 Å². The first-order chi connectivity index (χ1) is 14.6. The summed E-state index contributed by atoms with van der Waals surface area (Å²) in [6, 6.07) is 22.0. The largest absolute Gasteiger partial charge is 0.496 e. The molecule has 0 aromatic heterocycles. The van der Waals surface area contributed by atoms with Gasteiger partial charge in [-0.2, -0.15) is 0 Å². The van der Waals surface area contributed by atoms with Crippen molar-refractivity contribution in [2.24, 2.45) is 0 Å². The Bertz CT molecular complexity index is 1050. The van der Waals surface area contributed by atoms with E-state index in [-0.39, 0.29) is 11.1 Å². The smallest absolute Gasteiger partial charge is 0.338 e. The number of nitrogens with one attached hydrogen (secondary N) is 1. The molecule has 0 unspecified atom stereocenters. The first-order valence-electron chi connectivity index (χ1n) is 9.04. The fraction of sp³-hybridized carbons (Fsp3) is 0.0870. The van der Waals surface area contributed by atoms with Crippen molar-refractivity contribution in [3.8, 4) is 17.2 Å². The molecule has 3 rings (SSSR count). The number of carbonyl (C=O) groups excluding carboxylic acids is 3. The molecule has 152 valence electrons. The SMILES string of the molecule is COc1ccccc1C(=O)NC(=O)COC(=O)c1cccc(Oc2ccccc2)c1. The van der Waals surface area contributed by atoms with Crippen LogP contribution in [0.25, 0.3) is 0 Å². The molecule has 0 saturated heterocycles. The minimum Gasteiger partial charge on any atom is -0.496 e. The molecule has 30 heavy (non-hydrogen) atoms. The first-order valence-corrected chi connectivity index (χ1v) is 9.04. The minimum absolute atomic E-state index is 0.199. The van der Waals surface area contributed by atoms with Crippen LogP contribution in [0, 0.1) is 0 Å². The lowest BCUT2D eigenvalue weighted by molar-refractivity contribution is -0.123. The number of para-hydroxylation sites is 2. The molecule has 0 saturated carbocycles. The van der Waals surface area contributed by atoms with Crippen molar-refractivity contribution >= 4 is 17.8 Å². The van der Waals surface area contributed by atoms with E-state index in [2.05, 4.69) is 5.32 Å². The lowest BCUT2D eigenvalue weighted by atomic mass is 10.2. The molecule has 3 aromatic carbocycles. The van der Waals surface area contributed by atoms with Crippen molar-refractivity contribution in [3.05, 3.63) is 90.0 Å². The Morgan fingerprint density at radius 1 is 0.833 bits per heavy atom. The summed E-state index contributed by atoms with van der Waals surface area (Å²) in [6.07, 6.45) is 0. The molecule has 7 nitrogen and oxygen atoms in total. The van der Waals surface area contributed by atoms with Gasteiger partial charge in [-0.3, -0.25) is 14.9 Å². The topological polar surface area (TPSA) is 90.9 Å². The average Bonchev–Trinajstić information content (AvgIpc) is 2.78. The molecule has 3 aromatic rings. The molecule has 0 atom stereocenters. The van der Waals surface area contributed by atoms with E-state index in [0.29, 0.717) is 17.2 Å². The molecule has 0 aliphatic heterocycles. The molecular weight excluding hydrogens is 386 g/mol. The summed E-state index contributed by atoms with van der Waals surface area (Å²) in [4.78, 5) is 36.4. The van der Waals surface area contributed by atoms with Crippen LogP contribution in [0.2, 0.25) is 0 Å². The van der Waals surface area contributed by atoms with Gasteiger partial charge >= 0.3 is 5.97 Å². The van der Waals surface area contributed by atoms with Crippen LogP contribution < -0.4 is 14.8 Å². The summed E-state index contributed by atoms with van der Waals surface area (Å²) in [6.45, 7) is -0.608. The third-order valence-electron chi connectivity index (χ3n) is 3.99. The first kappa shape index (κ1) is 20.6. The maximum absolute atomic E-state index is 12.2. The molecule has 2 amide bonds. The van der Waals surface area contributed by atoms with E-state index >= 15 is 0 Å². The fourth-order valence-electron chi connectivity index (χ4n) is 2.59. The summed E-state index contributed by atoms with van der Waals surface area (Å²) in [5, 5.41) is 2.16. The monoisotopic (exact) mass is 405 g/mol. The highest BCUT2D eigenvalue weighted by Crippen LogP contribution is 2.22. The van der Waals surface area contributed by atoms with Gasteiger partial charge < -0.3 is 14.2 Å². The van der Waals surface area contributed by atoms with Gasteiger partial charge in [-0.1, -0.05) is 36.4 Å². The van der Waals surface area contributed by atoms with E-state index in [4.69, 9.17) is 14.2 Å². The van der Waals surface area contributed by atoms with Gasteiger partial charge in [-0.05, 0) is 42.5 Å². The second-order valence-corrected chi connectivity index (χ2v) is 6.10. The van der Waals surface area contributed by atoms with Gasteiger partial charge in [-0.25, -0.2) is 4.79 Å². The zero-order valence-electron chi connectivity index (χ0n) is 16.2. The Labute approximate surface area is 173 Å². The molecule has 0 heterocycles. The Balaban J connectivity index is 1.55. The van der Waals surface area contributed by atoms with Crippen LogP contribution in [0.1, 0.15) is 20.7 Å². The van der Waals surface area contributed by atoms with Crippen LogP contribution in [-0.4, -0.2) is 31.5 Å². The number of amides is 2. The molecule has 0 aliphatic carbocycles. The summed E-state index contributed by atoms with van der Waals surface area (Å²) >= 11 is 0. The van der Waals surface area contributed by atoms with Crippen LogP contribution >= 0.6 is 0 Å². The predicted octanol–water partition coefficient (Wildman–Crippen LogP) is 3.60. The Kier molecular flexibility index (Phi) is 6.78. The van der Waals surface area contributed by atoms with Crippen LogP contribution in [0.15, 0.2) is 78.9 Å². The van der Waals surface area contributed by atoms with E-state index in [1.807, 2.05) is 18.2 Å². The van der Waals surface area contributed by atoms with Crippen molar-refractivity contribution in [1.29, 1.82) is 0 Å². The zero-order chi connectivity index (χ0) is 21.3. The summed E-state index contributed by atoms with van der Waals surface area (Å²) < 4.78 is 15.8. The maximum Gasteiger partial charge on any atom is 0.338 e. The highest BCUT2D eigenvalue weighted by Gasteiger charge is 2.16. The summed E-state index contributed by atoms with van der Waals surface area (Å²) in [5.41, 5.74) is 0.415. The molecule has 7 heteroatoms. The van der Waals surface area contributed by atoms with E-state index in [1.54, 1.807) is 42.5 Å². The number of esters is 1. The number of ether oxygens (including phenoxy) is 3. The van der Waals surface area contributed by atoms with Crippen molar-refractivity contribution in [2.45, 2.75) is 0 Å². The fourth-order valence-corrected chi connectivity index (χ4v) is 2.59. The molecule has 0 spiro atoms. The van der Waals surface area contributed by atoms with Gasteiger partial charge in [-0.15, -0.1) is 0 Å². The molecule has 0 bridgehead atoms. The van der Waals surface area contributed by atoms with E-state index < -0.39 is 24.4 Å². The van der Waals surface area contributed by atoms with E-state index in [1.165, 1.54) is 25.3 Å². The Morgan fingerprint density at radius 2 is 1.53 bits per heavy atom. The van der Waals surface area contributed by atoms with Crippen molar-refractivity contribution in [3.63, 3.8) is 0 Å². The lowest BCUT2D eigenvalue weighted by Crippen LogP contribution is -2.34. The number of benzene rings is 3. The van der Waals surface area contributed by atoms with Crippen molar-refractivity contribution in [1.82, 2.24) is 5.32 Å². The third-order valence-corrected chi connectivity index (χ3v) is 3.99. The van der Waals surface area contributed by atoms with Crippen LogP contribution in [-0.2, 0) is 9.53 Å². The van der Waals surface area contributed by atoms with Gasteiger partial charge in [0.1, 0.15) is 17.2 Å². The third kappa shape index (κ3) is 5.45. The second-order valence-electron chi connectivity index (χ2n) is 6.10. The van der Waals surface area contributed by atoms with Crippen molar-refractivity contribution in [2.75, 3.05) is 13.7 Å².